The Kier molecular flexibility index (Phi) is 10.1. The first-order chi connectivity index (χ1) is 9.22. The molecule has 0 aliphatic carbocycles. The van der Waals surface area contributed by atoms with Gasteiger partial charge in [-0.15, -0.1) is 0 Å². The van der Waals surface area contributed by atoms with Gasteiger partial charge in [0.25, 0.3) is 0 Å². The van der Waals surface area contributed by atoms with Gasteiger partial charge in [-0.05, 0) is 43.4 Å². The SMILES string of the molecule is [B]C(C)C/C=C(\C/C(=C/CC(C)C)CC(C)C)C(C)C. The molecule has 0 fully saturated rings. The minimum absolute atomic E-state index is 0.261. The topological polar surface area (TPSA) is 0 Å². The Balaban J connectivity index is 4.88. The molecule has 0 aromatic carbocycles. The first-order valence-corrected chi connectivity index (χ1v) is 8.34. The molecule has 0 aliphatic rings. The normalized spacial score (nSPS) is 15.5. The molecule has 0 bridgehead atoms. The van der Waals surface area contributed by atoms with Crippen LogP contribution >= 0.6 is 0 Å². The van der Waals surface area contributed by atoms with Crippen molar-refractivity contribution in [2.75, 3.05) is 0 Å². The van der Waals surface area contributed by atoms with E-state index < -0.39 is 0 Å². The third-order valence-electron chi connectivity index (χ3n) is 3.47. The van der Waals surface area contributed by atoms with E-state index in [1.54, 1.807) is 11.1 Å². The number of hydrogen-bond donors (Lipinski definition) is 0. The summed E-state index contributed by atoms with van der Waals surface area (Å²) in [6.07, 6.45) is 9.39. The molecule has 20 heavy (non-hydrogen) atoms. The van der Waals surface area contributed by atoms with Crippen molar-refractivity contribution in [1.29, 1.82) is 0 Å². The van der Waals surface area contributed by atoms with Crippen molar-refractivity contribution in [3.63, 3.8) is 0 Å². The Morgan fingerprint density at radius 2 is 1.45 bits per heavy atom. The van der Waals surface area contributed by atoms with Crippen LogP contribution in [0.3, 0.4) is 0 Å². The van der Waals surface area contributed by atoms with Crippen LogP contribution in [0.4, 0.5) is 0 Å². The fourth-order valence-electron chi connectivity index (χ4n) is 2.27. The van der Waals surface area contributed by atoms with E-state index in [4.69, 9.17) is 7.85 Å². The van der Waals surface area contributed by atoms with Crippen molar-refractivity contribution in [1.82, 2.24) is 0 Å². The first-order valence-electron chi connectivity index (χ1n) is 8.34. The molecule has 0 N–H and O–H groups in total. The highest BCUT2D eigenvalue weighted by Crippen LogP contribution is 2.26. The molecule has 114 valence electrons. The van der Waals surface area contributed by atoms with Gasteiger partial charge in [0.15, 0.2) is 0 Å². The molecule has 0 saturated carbocycles. The van der Waals surface area contributed by atoms with Crippen molar-refractivity contribution in [2.24, 2.45) is 17.8 Å². The minimum Gasteiger partial charge on any atom is -0.0852 e. The molecule has 0 rings (SSSR count). The summed E-state index contributed by atoms with van der Waals surface area (Å²) in [5.41, 5.74) is 3.16. The molecule has 1 heteroatoms. The number of rotatable bonds is 9. The quantitative estimate of drug-likeness (QED) is 0.339. The lowest BCUT2D eigenvalue weighted by molar-refractivity contribution is 0.606. The molecule has 0 amide bonds. The van der Waals surface area contributed by atoms with E-state index in [-0.39, 0.29) is 5.82 Å². The molecule has 0 aliphatic heterocycles. The highest BCUT2D eigenvalue weighted by molar-refractivity contribution is 6.11. The summed E-state index contributed by atoms with van der Waals surface area (Å²) < 4.78 is 0. The maximum atomic E-state index is 5.89. The van der Waals surface area contributed by atoms with Crippen molar-refractivity contribution < 1.29 is 0 Å². The molecule has 0 aromatic heterocycles. The van der Waals surface area contributed by atoms with Crippen molar-refractivity contribution in [3.05, 3.63) is 23.3 Å². The fourth-order valence-corrected chi connectivity index (χ4v) is 2.27. The Bertz CT molecular complexity index is 306. The second-order valence-electron chi connectivity index (χ2n) is 7.41. The lowest BCUT2D eigenvalue weighted by atomic mass is 9.83. The van der Waals surface area contributed by atoms with E-state index in [0.29, 0.717) is 5.92 Å². The molecule has 2 radical (unpaired) electrons. The molecule has 1 atom stereocenters. The summed E-state index contributed by atoms with van der Waals surface area (Å²) in [6, 6.07) is 0. The second-order valence-corrected chi connectivity index (χ2v) is 7.41. The lowest BCUT2D eigenvalue weighted by Gasteiger charge is -2.17. The zero-order valence-electron chi connectivity index (χ0n) is 14.9. The Morgan fingerprint density at radius 3 is 1.85 bits per heavy atom. The summed E-state index contributed by atoms with van der Waals surface area (Å²) in [6.45, 7) is 15.9. The molecule has 0 nitrogen and oxygen atoms in total. The molecule has 0 saturated heterocycles. The first kappa shape index (κ1) is 19.5. The molecule has 0 aromatic rings. The van der Waals surface area contributed by atoms with Gasteiger partial charge in [-0.25, -0.2) is 0 Å². The summed E-state index contributed by atoms with van der Waals surface area (Å²) >= 11 is 0. The van der Waals surface area contributed by atoms with Crippen LogP contribution in [0.5, 0.6) is 0 Å². The Labute approximate surface area is 129 Å². The van der Waals surface area contributed by atoms with Crippen LogP contribution in [0, 0.1) is 17.8 Å². The molecular formula is C19H35B. The van der Waals surface area contributed by atoms with Crippen LogP contribution in [0.25, 0.3) is 0 Å². The zero-order valence-corrected chi connectivity index (χ0v) is 14.9. The van der Waals surface area contributed by atoms with Gasteiger partial charge in [-0.3, -0.25) is 0 Å². The number of allylic oxidation sites excluding steroid dienone is 4. The predicted octanol–water partition coefficient (Wildman–Crippen LogP) is 6.34. The Hall–Kier alpha value is -0.455. The predicted molar refractivity (Wildman–Crippen MR) is 94.3 cm³/mol. The van der Waals surface area contributed by atoms with Gasteiger partial charge in [-0.1, -0.05) is 77.6 Å². The molecule has 0 spiro atoms. The summed E-state index contributed by atoms with van der Waals surface area (Å²) in [5, 5.41) is 0. The maximum absolute atomic E-state index is 5.89. The van der Waals surface area contributed by atoms with Gasteiger partial charge >= 0.3 is 0 Å². The third-order valence-corrected chi connectivity index (χ3v) is 3.47. The maximum Gasteiger partial charge on any atom is 0.0699 e. The summed E-state index contributed by atoms with van der Waals surface area (Å²) in [5.74, 6) is 2.35. The average Bonchev–Trinajstić information content (AvgIpc) is 2.29. The van der Waals surface area contributed by atoms with Crippen LogP contribution in [0.1, 0.15) is 74.1 Å². The highest BCUT2D eigenvalue weighted by atomic mass is 14.1. The lowest BCUT2D eigenvalue weighted by Crippen LogP contribution is -2.01. The van der Waals surface area contributed by atoms with Gasteiger partial charge in [0.05, 0.1) is 7.85 Å². The van der Waals surface area contributed by atoms with Crippen LogP contribution in [-0.2, 0) is 0 Å². The van der Waals surface area contributed by atoms with E-state index in [9.17, 15) is 0 Å². The van der Waals surface area contributed by atoms with Crippen LogP contribution in [0.15, 0.2) is 23.3 Å². The van der Waals surface area contributed by atoms with E-state index >= 15 is 0 Å². The smallest absolute Gasteiger partial charge is 0.0699 e. The highest BCUT2D eigenvalue weighted by Gasteiger charge is 2.09. The standard InChI is InChI=1S/C19H35B/c1-14(2)8-10-18(12-15(3)4)13-19(16(5)6)11-9-17(7)20/h10-11,14-17H,8-9,12-13H2,1-7H3/b18-10+,19-11+. The molecule has 0 heterocycles. The van der Waals surface area contributed by atoms with Gasteiger partial charge in [0.2, 0.25) is 0 Å². The van der Waals surface area contributed by atoms with Gasteiger partial charge in [-0.2, -0.15) is 0 Å². The van der Waals surface area contributed by atoms with Crippen LogP contribution in [-0.4, -0.2) is 7.85 Å². The van der Waals surface area contributed by atoms with Crippen molar-refractivity contribution in [2.45, 2.75) is 80.0 Å². The van der Waals surface area contributed by atoms with E-state index in [1.807, 2.05) is 0 Å². The fraction of sp³-hybridized carbons (Fsp3) is 0.789. The molecule has 1 unspecified atom stereocenters. The Morgan fingerprint density at radius 1 is 0.850 bits per heavy atom. The second kappa shape index (κ2) is 10.3. The summed E-state index contributed by atoms with van der Waals surface area (Å²) in [7, 11) is 5.89. The van der Waals surface area contributed by atoms with Crippen molar-refractivity contribution in [3.8, 4) is 0 Å². The van der Waals surface area contributed by atoms with Gasteiger partial charge in [0, 0.05) is 0 Å². The van der Waals surface area contributed by atoms with E-state index in [2.05, 4.69) is 60.6 Å². The largest absolute Gasteiger partial charge is 0.0852 e. The van der Waals surface area contributed by atoms with Gasteiger partial charge < -0.3 is 0 Å². The molecular weight excluding hydrogens is 239 g/mol. The van der Waals surface area contributed by atoms with E-state index in [1.165, 1.54) is 12.8 Å². The van der Waals surface area contributed by atoms with Gasteiger partial charge in [0.1, 0.15) is 0 Å². The van der Waals surface area contributed by atoms with E-state index in [0.717, 1.165) is 24.7 Å². The van der Waals surface area contributed by atoms with Crippen LogP contribution in [0.2, 0.25) is 5.82 Å². The average molecular weight is 274 g/mol. The zero-order chi connectivity index (χ0) is 15.7. The minimum atomic E-state index is 0.261. The number of hydrogen-bond acceptors (Lipinski definition) is 0. The summed E-state index contributed by atoms with van der Waals surface area (Å²) in [4.78, 5) is 0. The van der Waals surface area contributed by atoms with Crippen LogP contribution < -0.4 is 0 Å². The third kappa shape index (κ3) is 10.3. The monoisotopic (exact) mass is 274 g/mol. The van der Waals surface area contributed by atoms with Crippen molar-refractivity contribution >= 4 is 7.85 Å².